The minimum Gasteiger partial charge on any atom is -0.493 e. The number of rotatable bonds is 7. The number of halogens is 2. The van der Waals surface area contributed by atoms with Gasteiger partial charge in [0.25, 0.3) is 5.91 Å². The first-order valence-electron chi connectivity index (χ1n) is 10.6. The van der Waals surface area contributed by atoms with E-state index in [-0.39, 0.29) is 12.5 Å². The van der Waals surface area contributed by atoms with Crippen LogP contribution in [0.15, 0.2) is 48.5 Å². The van der Waals surface area contributed by atoms with Gasteiger partial charge in [-0.25, -0.2) is 0 Å². The fourth-order valence-corrected chi connectivity index (χ4v) is 3.98. The molecule has 1 fully saturated rings. The van der Waals surface area contributed by atoms with Crippen LogP contribution in [0.25, 0.3) is 11.3 Å². The van der Waals surface area contributed by atoms with Gasteiger partial charge in [0.05, 0.1) is 24.9 Å². The van der Waals surface area contributed by atoms with Crippen molar-refractivity contribution in [3.63, 3.8) is 0 Å². The lowest BCUT2D eigenvalue weighted by Crippen LogP contribution is -2.50. The summed E-state index contributed by atoms with van der Waals surface area (Å²) in [5, 5.41) is 9.68. The summed E-state index contributed by atoms with van der Waals surface area (Å²) in [5.41, 5.74) is 1.61. The summed E-state index contributed by atoms with van der Waals surface area (Å²) >= 11 is 12.1. The number of methoxy groups -OCH3 is 2. The highest BCUT2D eigenvalue weighted by Crippen LogP contribution is 2.32. The molecule has 4 rings (SSSR count). The molecule has 0 aliphatic carbocycles. The normalized spacial score (nSPS) is 13.5. The predicted molar refractivity (Wildman–Crippen MR) is 131 cm³/mol. The molecule has 0 spiro atoms. The predicted octanol–water partition coefficient (Wildman–Crippen LogP) is 4.20. The highest BCUT2D eigenvalue weighted by atomic mass is 35.5. The zero-order valence-electron chi connectivity index (χ0n) is 18.8. The molecule has 34 heavy (non-hydrogen) atoms. The second kappa shape index (κ2) is 10.8. The van der Waals surface area contributed by atoms with Gasteiger partial charge in [-0.05, 0) is 42.5 Å². The van der Waals surface area contributed by atoms with E-state index in [4.69, 9.17) is 37.4 Å². The number of carbonyl (C=O) groups is 1. The second-order valence-corrected chi connectivity index (χ2v) is 8.42. The summed E-state index contributed by atoms with van der Waals surface area (Å²) < 4.78 is 16.2. The van der Waals surface area contributed by atoms with Crippen molar-refractivity contribution in [1.82, 2.24) is 15.1 Å². The molecule has 2 aromatic carbocycles. The molecule has 1 aliphatic rings. The average Bonchev–Trinajstić information content (AvgIpc) is 2.88. The van der Waals surface area contributed by atoms with E-state index in [0.717, 1.165) is 17.1 Å². The molecule has 3 aromatic rings. The van der Waals surface area contributed by atoms with E-state index in [1.54, 1.807) is 37.3 Å². The van der Waals surface area contributed by atoms with Crippen molar-refractivity contribution in [2.24, 2.45) is 0 Å². The molecular weight excluding hydrogens is 479 g/mol. The number of hydrogen-bond donors (Lipinski definition) is 0. The van der Waals surface area contributed by atoms with Crippen molar-refractivity contribution in [3.05, 3.63) is 58.6 Å². The summed E-state index contributed by atoms with van der Waals surface area (Å²) in [6, 6.07) is 14.4. The fraction of sp³-hybridized carbons (Fsp3) is 0.292. The maximum absolute atomic E-state index is 12.6. The van der Waals surface area contributed by atoms with Crippen molar-refractivity contribution in [1.29, 1.82) is 0 Å². The van der Waals surface area contributed by atoms with Crippen LogP contribution in [0.4, 0.5) is 5.82 Å². The Bertz CT molecular complexity index is 1150. The lowest BCUT2D eigenvalue weighted by Gasteiger charge is -2.35. The monoisotopic (exact) mass is 502 g/mol. The third kappa shape index (κ3) is 5.46. The summed E-state index contributed by atoms with van der Waals surface area (Å²) in [7, 11) is 3.20. The zero-order chi connectivity index (χ0) is 24.1. The van der Waals surface area contributed by atoms with Crippen LogP contribution in [0.2, 0.25) is 10.0 Å². The first-order chi connectivity index (χ1) is 16.5. The molecule has 1 aliphatic heterocycles. The van der Waals surface area contributed by atoms with Gasteiger partial charge >= 0.3 is 0 Å². The smallest absolute Gasteiger partial charge is 0.260 e. The molecule has 0 radical (unpaired) electrons. The Hall–Kier alpha value is -3.23. The van der Waals surface area contributed by atoms with Gasteiger partial charge in [-0.15, -0.1) is 10.2 Å². The third-order valence-electron chi connectivity index (χ3n) is 5.53. The number of anilines is 1. The van der Waals surface area contributed by atoms with Gasteiger partial charge in [0.2, 0.25) is 0 Å². The number of amides is 1. The van der Waals surface area contributed by atoms with E-state index < -0.39 is 0 Å². The zero-order valence-corrected chi connectivity index (χ0v) is 20.3. The van der Waals surface area contributed by atoms with E-state index in [2.05, 4.69) is 15.1 Å². The molecule has 0 unspecified atom stereocenters. The highest BCUT2D eigenvalue weighted by Gasteiger charge is 2.23. The van der Waals surface area contributed by atoms with Gasteiger partial charge in [0.15, 0.2) is 23.9 Å². The molecule has 0 saturated carbocycles. The van der Waals surface area contributed by atoms with Crippen molar-refractivity contribution < 1.29 is 19.0 Å². The van der Waals surface area contributed by atoms with Gasteiger partial charge in [0.1, 0.15) is 5.75 Å². The number of nitrogens with zero attached hydrogens (tertiary/aromatic N) is 4. The number of carbonyl (C=O) groups excluding carboxylic acids is 1. The maximum Gasteiger partial charge on any atom is 0.260 e. The van der Waals surface area contributed by atoms with Gasteiger partial charge < -0.3 is 24.0 Å². The van der Waals surface area contributed by atoms with Crippen molar-refractivity contribution in [2.45, 2.75) is 0 Å². The molecule has 8 nitrogen and oxygen atoms in total. The Labute approximate surface area is 207 Å². The molecule has 2 heterocycles. The van der Waals surface area contributed by atoms with Crippen molar-refractivity contribution in [2.75, 3.05) is 51.9 Å². The number of piperazine rings is 1. The van der Waals surface area contributed by atoms with E-state index in [1.165, 1.54) is 0 Å². The van der Waals surface area contributed by atoms with Crippen LogP contribution in [0, 0.1) is 0 Å². The molecule has 10 heteroatoms. The number of benzene rings is 2. The van der Waals surface area contributed by atoms with E-state index >= 15 is 0 Å². The molecule has 178 valence electrons. The van der Waals surface area contributed by atoms with Crippen LogP contribution in [0.3, 0.4) is 0 Å². The standard InChI is InChI=1S/C24H24Cl2N4O4/c1-32-20-7-3-16(13-22(20)33-2)19-6-8-23(28-27-19)29-9-11-30(12-10-29)24(31)15-34-21-14-17(25)4-5-18(21)26/h3-8,13-14H,9-12,15H2,1-2H3. The van der Waals surface area contributed by atoms with E-state index in [9.17, 15) is 4.79 Å². The summed E-state index contributed by atoms with van der Waals surface area (Å²) in [4.78, 5) is 16.4. The van der Waals surface area contributed by atoms with Crippen LogP contribution in [-0.2, 0) is 4.79 Å². The van der Waals surface area contributed by atoms with Gasteiger partial charge in [-0.1, -0.05) is 23.2 Å². The Balaban J connectivity index is 1.32. The van der Waals surface area contributed by atoms with Crippen molar-refractivity contribution >= 4 is 34.9 Å². The van der Waals surface area contributed by atoms with Crippen LogP contribution in [0.1, 0.15) is 0 Å². The van der Waals surface area contributed by atoms with Gasteiger partial charge in [-0.2, -0.15) is 0 Å². The summed E-state index contributed by atoms with van der Waals surface area (Å²) in [6.07, 6.45) is 0. The lowest BCUT2D eigenvalue weighted by molar-refractivity contribution is -0.133. The second-order valence-electron chi connectivity index (χ2n) is 7.58. The lowest BCUT2D eigenvalue weighted by atomic mass is 10.1. The number of hydrogen-bond acceptors (Lipinski definition) is 7. The third-order valence-corrected chi connectivity index (χ3v) is 6.08. The largest absolute Gasteiger partial charge is 0.493 e. The van der Waals surface area contributed by atoms with Crippen molar-refractivity contribution in [3.8, 4) is 28.5 Å². The quantitative estimate of drug-likeness (QED) is 0.479. The minimum absolute atomic E-state index is 0.0973. The Kier molecular flexibility index (Phi) is 7.59. The van der Waals surface area contributed by atoms with Crippen LogP contribution in [-0.4, -0.2) is 68.0 Å². The fourth-order valence-electron chi connectivity index (χ4n) is 3.65. The van der Waals surface area contributed by atoms with E-state index in [0.29, 0.717) is 53.5 Å². The van der Waals surface area contributed by atoms with Crippen LogP contribution < -0.4 is 19.1 Å². The molecule has 1 amide bonds. The van der Waals surface area contributed by atoms with Gasteiger partial charge in [-0.3, -0.25) is 4.79 Å². The topological polar surface area (TPSA) is 77.0 Å². The molecule has 0 atom stereocenters. The number of aromatic nitrogens is 2. The maximum atomic E-state index is 12.6. The average molecular weight is 503 g/mol. The number of ether oxygens (including phenoxy) is 3. The van der Waals surface area contributed by atoms with Crippen LogP contribution >= 0.6 is 23.2 Å². The summed E-state index contributed by atoms with van der Waals surface area (Å²) in [6.45, 7) is 2.32. The molecule has 0 bridgehead atoms. The molecule has 1 aromatic heterocycles. The first-order valence-corrected chi connectivity index (χ1v) is 11.4. The highest BCUT2D eigenvalue weighted by molar-refractivity contribution is 6.34. The van der Waals surface area contributed by atoms with Gasteiger partial charge in [0, 0.05) is 42.8 Å². The molecule has 1 saturated heterocycles. The minimum atomic E-state index is -0.106. The summed E-state index contributed by atoms with van der Waals surface area (Å²) in [5.74, 6) is 2.34. The Morgan fingerprint density at radius 3 is 2.32 bits per heavy atom. The van der Waals surface area contributed by atoms with E-state index in [1.807, 2.05) is 30.3 Å². The Morgan fingerprint density at radius 2 is 1.65 bits per heavy atom. The van der Waals surface area contributed by atoms with Crippen LogP contribution in [0.5, 0.6) is 17.2 Å². The molecule has 0 N–H and O–H groups in total. The SMILES string of the molecule is COc1ccc(-c2ccc(N3CCN(C(=O)COc4cc(Cl)ccc4Cl)CC3)nn2)cc1OC. The Morgan fingerprint density at radius 1 is 0.882 bits per heavy atom. The molecular formula is C24H24Cl2N4O4. The first kappa shape index (κ1) is 23.9.